The van der Waals surface area contributed by atoms with E-state index in [0.717, 1.165) is 27.6 Å². The molecule has 0 amide bonds. The summed E-state index contributed by atoms with van der Waals surface area (Å²) in [6.07, 6.45) is 1.19. The summed E-state index contributed by atoms with van der Waals surface area (Å²) >= 11 is 0. The van der Waals surface area contributed by atoms with Crippen LogP contribution >= 0.6 is 0 Å². The molecule has 2 aromatic carbocycles. The second kappa shape index (κ2) is 5.93. The molecule has 0 aliphatic rings. The third-order valence-electron chi connectivity index (χ3n) is 5.08. The molecule has 28 heavy (non-hydrogen) atoms. The highest BCUT2D eigenvalue weighted by atomic mass is 32.2. The molecule has 1 N–H and O–H groups in total. The first-order valence-electron chi connectivity index (χ1n) is 8.93. The Kier molecular flexibility index (Phi) is 3.96. The molecule has 0 aliphatic carbocycles. The van der Waals surface area contributed by atoms with Gasteiger partial charge >= 0.3 is 0 Å². The van der Waals surface area contributed by atoms with Gasteiger partial charge in [-0.1, -0.05) is 23.4 Å². The van der Waals surface area contributed by atoms with Crippen molar-refractivity contribution in [1.29, 1.82) is 0 Å². The van der Waals surface area contributed by atoms with E-state index in [1.807, 2.05) is 38.1 Å². The second-order valence-electron chi connectivity index (χ2n) is 7.75. The molecule has 0 spiro atoms. The van der Waals surface area contributed by atoms with Crippen LogP contribution in [0.15, 0.2) is 40.9 Å². The molecule has 7 heteroatoms. The van der Waals surface area contributed by atoms with Crippen LogP contribution in [0, 0.1) is 13.8 Å². The molecule has 146 valence electrons. The minimum Gasteiger partial charge on any atom is -0.386 e. The molecule has 2 heterocycles. The van der Waals surface area contributed by atoms with Gasteiger partial charge in [-0.3, -0.25) is 0 Å². The van der Waals surface area contributed by atoms with E-state index in [9.17, 15) is 13.5 Å². The third-order valence-corrected chi connectivity index (χ3v) is 6.14. The number of rotatable bonds is 3. The Balaban J connectivity index is 2.12. The summed E-state index contributed by atoms with van der Waals surface area (Å²) < 4.78 is 31.8. The molecule has 2 aromatic heterocycles. The molecule has 0 saturated heterocycles. The molecule has 4 rings (SSSR count). The Labute approximate surface area is 163 Å². The van der Waals surface area contributed by atoms with Crippen LogP contribution < -0.4 is 0 Å². The van der Waals surface area contributed by atoms with Gasteiger partial charge in [0, 0.05) is 16.3 Å². The van der Waals surface area contributed by atoms with E-state index in [1.54, 1.807) is 26.0 Å². The van der Waals surface area contributed by atoms with Crippen LogP contribution in [0.2, 0.25) is 0 Å². The number of fused-ring (bicyclic) bond motifs is 3. The fraction of sp³-hybridized carbons (Fsp3) is 0.286. The lowest BCUT2D eigenvalue weighted by Gasteiger charge is -2.18. The fourth-order valence-corrected chi connectivity index (χ4v) is 4.80. The normalized spacial score (nSPS) is 12.9. The van der Waals surface area contributed by atoms with Crippen molar-refractivity contribution in [3.8, 4) is 11.1 Å². The molecule has 0 fully saturated rings. The molecule has 0 bridgehead atoms. The monoisotopic (exact) mass is 398 g/mol. The summed E-state index contributed by atoms with van der Waals surface area (Å²) in [7, 11) is -3.55. The van der Waals surface area contributed by atoms with Crippen LogP contribution in [0.25, 0.3) is 32.9 Å². The van der Waals surface area contributed by atoms with E-state index in [0.29, 0.717) is 22.4 Å². The van der Waals surface area contributed by atoms with Crippen molar-refractivity contribution in [2.24, 2.45) is 0 Å². The van der Waals surface area contributed by atoms with Crippen LogP contribution in [0.3, 0.4) is 0 Å². The molecular formula is C21H22N2O4S. The number of nitrogens with zero attached hydrogens (tertiary/aromatic N) is 2. The highest BCUT2D eigenvalue weighted by Gasteiger charge is 2.22. The van der Waals surface area contributed by atoms with Crippen LogP contribution in [0.5, 0.6) is 0 Å². The quantitative estimate of drug-likeness (QED) is 0.561. The largest absolute Gasteiger partial charge is 0.386 e. The highest BCUT2D eigenvalue weighted by Crippen LogP contribution is 2.37. The van der Waals surface area contributed by atoms with Crippen molar-refractivity contribution in [3.05, 3.63) is 53.4 Å². The molecule has 0 aliphatic heterocycles. The van der Waals surface area contributed by atoms with E-state index >= 15 is 0 Å². The Hall–Kier alpha value is -2.64. The average molecular weight is 398 g/mol. The Morgan fingerprint density at radius 3 is 2.32 bits per heavy atom. The van der Waals surface area contributed by atoms with Crippen molar-refractivity contribution in [2.75, 3.05) is 6.26 Å². The molecule has 0 unspecified atom stereocenters. The van der Waals surface area contributed by atoms with Crippen LogP contribution in [0.1, 0.15) is 30.9 Å². The lowest BCUT2D eigenvalue weighted by Crippen LogP contribution is -2.16. The molecule has 4 aromatic rings. The topological polar surface area (TPSA) is 85.3 Å². The summed E-state index contributed by atoms with van der Waals surface area (Å²) in [4.78, 5) is 0. The lowest BCUT2D eigenvalue weighted by molar-refractivity contribution is 0.0787. The van der Waals surface area contributed by atoms with Crippen molar-refractivity contribution >= 4 is 31.8 Å². The first-order valence-corrected chi connectivity index (χ1v) is 10.8. The Morgan fingerprint density at radius 1 is 1.04 bits per heavy atom. The number of aliphatic hydroxyl groups is 1. The molecule has 0 atom stereocenters. The third kappa shape index (κ3) is 2.82. The van der Waals surface area contributed by atoms with Gasteiger partial charge in [0.15, 0.2) is 0 Å². The maximum absolute atomic E-state index is 12.6. The summed E-state index contributed by atoms with van der Waals surface area (Å²) in [6, 6.07) is 11.1. The predicted octanol–water partition coefficient (Wildman–Crippen LogP) is 4.10. The Morgan fingerprint density at radius 2 is 1.75 bits per heavy atom. The van der Waals surface area contributed by atoms with E-state index < -0.39 is 15.6 Å². The van der Waals surface area contributed by atoms with E-state index in [1.165, 1.54) is 10.2 Å². The number of hydrogen-bond acceptors (Lipinski definition) is 5. The van der Waals surface area contributed by atoms with Crippen LogP contribution in [-0.4, -0.2) is 28.9 Å². The number of hydrogen-bond donors (Lipinski definition) is 1. The average Bonchev–Trinajstić information content (AvgIpc) is 3.09. The summed E-state index contributed by atoms with van der Waals surface area (Å²) in [5.74, 6) is 0.716. The molecule has 0 radical (unpaired) electrons. The van der Waals surface area contributed by atoms with Crippen molar-refractivity contribution in [3.63, 3.8) is 0 Å². The van der Waals surface area contributed by atoms with Gasteiger partial charge in [-0.15, -0.1) is 0 Å². The highest BCUT2D eigenvalue weighted by molar-refractivity contribution is 7.89. The fourth-order valence-electron chi connectivity index (χ4n) is 3.77. The first kappa shape index (κ1) is 18.7. The number of benzene rings is 2. The summed E-state index contributed by atoms with van der Waals surface area (Å²) in [6.45, 7) is 7.09. The van der Waals surface area contributed by atoms with Gasteiger partial charge in [0.2, 0.25) is 10.0 Å². The first-order chi connectivity index (χ1) is 13.0. The van der Waals surface area contributed by atoms with E-state index in [4.69, 9.17) is 4.52 Å². The zero-order valence-electron chi connectivity index (χ0n) is 16.4. The van der Waals surface area contributed by atoms with E-state index in [2.05, 4.69) is 5.16 Å². The number of aromatic nitrogens is 2. The molecular weight excluding hydrogens is 376 g/mol. The standard InChI is InChI=1S/C21H22N2O4S/c1-12-20(13(2)27-22-12)14-6-9-18-17(10-14)16-8-7-15(21(3,4)24)11-19(16)23(18)28(5,25)26/h6-11,24H,1-5H3. The van der Waals surface area contributed by atoms with Crippen molar-refractivity contribution in [2.45, 2.75) is 33.3 Å². The smallest absolute Gasteiger partial charge is 0.236 e. The van der Waals surface area contributed by atoms with E-state index in [-0.39, 0.29) is 0 Å². The van der Waals surface area contributed by atoms with Crippen molar-refractivity contribution in [1.82, 2.24) is 9.13 Å². The summed E-state index contributed by atoms with van der Waals surface area (Å²) in [5.41, 5.74) is 3.34. The zero-order valence-corrected chi connectivity index (χ0v) is 17.3. The lowest BCUT2D eigenvalue weighted by atomic mass is 9.96. The minimum absolute atomic E-state index is 0.549. The van der Waals surface area contributed by atoms with Gasteiger partial charge < -0.3 is 9.63 Å². The van der Waals surface area contributed by atoms with Gasteiger partial charge in [-0.2, -0.15) is 0 Å². The van der Waals surface area contributed by atoms with Gasteiger partial charge in [0.25, 0.3) is 0 Å². The minimum atomic E-state index is -3.55. The SMILES string of the molecule is Cc1noc(C)c1-c1ccc2c(c1)c1ccc(C(C)(C)O)cc1n2S(C)(=O)=O. The maximum Gasteiger partial charge on any atom is 0.236 e. The molecule has 0 saturated carbocycles. The maximum atomic E-state index is 12.6. The molecule has 6 nitrogen and oxygen atoms in total. The summed E-state index contributed by atoms with van der Waals surface area (Å²) in [5, 5.41) is 16.0. The van der Waals surface area contributed by atoms with Gasteiger partial charge in [-0.25, -0.2) is 12.4 Å². The van der Waals surface area contributed by atoms with Crippen LogP contribution in [-0.2, 0) is 15.6 Å². The van der Waals surface area contributed by atoms with Gasteiger partial charge in [0.05, 0.1) is 28.6 Å². The number of aryl methyl sites for hydroxylation is 2. The van der Waals surface area contributed by atoms with Crippen molar-refractivity contribution < 1.29 is 18.0 Å². The second-order valence-corrected chi connectivity index (χ2v) is 9.58. The Bertz CT molecular complexity index is 1320. The zero-order chi connectivity index (χ0) is 20.4. The van der Waals surface area contributed by atoms with Gasteiger partial charge in [-0.05, 0) is 57.0 Å². The van der Waals surface area contributed by atoms with Crippen LogP contribution in [0.4, 0.5) is 0 Å². The van der Waals surface area contributed by atoms with Gasteiger partial charge in [0.1, 0.15) is 5.76 Å². The predicted molar refractivity (Wildman–Crippen MR) is 110 cm³/mol.